The van der Waals surface area contributed by atoms with Crippen molar-refractivity contribution in [3.63, 3.8) is 0 Å². The summed E-state index contributed by atoms with van der Waals surface area (Å²) in [5.74, 6) is -0.521. The molecule has 0 saturated carbocycles. The molecule has 21 heavy (non-hydrogen) atoms. The molecule has 0 aliphatic carbocycles. The molecule has 0 aliphatic heterocycles. The first kappa shape index (κ1) is 14.7. The van der Waals surface area contributed by atoms with Crippen molar-refractivity contribution < 1.29 is 24.5 Å². The molecule has 0 amide bonds. The summed E-state index contributed by atoms with van der Waals surface area (Å²) in [5, 5.41) is 18.9. The van der Waals surface area contributed by atoms with E-state index in [-0.39, 0.29) is 18.1 Å². The van der Waals surface area contributed by atoms with Crippen molar-refractivity contribution >= 4 is 5.97 Å². The van der Waals surface area contributed by atoms with Gasteiger partial charge in [0, 0.05) is 6.07 Å². The van der Waals surface area contributed by atoms with Crippen LogP contribution < -0.4 is 4.74 Å². The van der Waals surface area contributed by atoms with E-state index in [2.05, 4.69) is 0 Å². The number of esters is 1. The Hall–Kier alpha value is -2.69. The maximum absolute atomic E-state index is 11.9. The predicted octanol–water partition coefficient (Wildman–Crippen LogP) is 2.43. The Morgan fingerprint density at radius 2 is 1.76 bits per heavy atom. The zero-order chi connectivity index (χ0) is 15.2. The summed E-state index contributed by atoms with van der Waals surface area (Å²) in [7, 11) is 1.30. The van der Waals surface area contributed by atoms with E-state index in [4.69, 9.17) is 9.47 Å². The second-order valence-electron chi connectivity index (χ2n) is 4.48. The lowest BCUT2D eigenvalue weighted by Gasteiger charge is -2.16. The standard InChI is InChI=1S/C16H16O5/c1-20-16(19)15(11-4-2-5-12(17)8-11)10-21-14-7-3-6-13(18)9-14/h2-9,15,17-18H,10H2,1H3. The summed E-state index contributed by atoms with van der Waals surface area (Å²) >= 11 is 0. The van der Waals surface area contributed by atoms with Crippen molar-refractivity contribution in [1.82, 2.24) is 0 Å². The summed E-state index contributed by atoms with van der Waals surface area (Å²) in [6.07, 6.45) is 0. The Kier molecular flexibility index (Phi) is 4.66. The van der Waals surface area contributed by atoms with Crippen LogP contribution in [0.3, 0.4) is 0 Å². The minimum Gasteiger partial charge on any atom is -0.508 e. The van der Waals surface area contributed by atoms with Gasteiger partial charge in [-0.1, -0.05) is 18.2 Å². The van der Waals surface area contributed by atoms with Gasteiger partial charge in [0.1, 0.15) is 29.8 Å². The maximum atomic E-state index is 11.9. The Morgan fingerprint density at radius 1 is 1.10 bits per heavy atom. The van der Waals surface area contributed by atoms with Gasteiger partial charge in [-0.25, -0.2) is 0 Å². The number of carbonyl (C=O) groups excluding carboxylic acids is 1. The van der Waals surface area contributed by atoms with E-state index in [1.807, 2.05) is 0 Å². The molecule has 1 unspecified atom stereocenters. The SMILES string of the molecule is COC(=O)C(COc1cccc(O)c1)c1cccc(O)c1. The van der Waals surface area contributed by atoms with Crippen molar-refractivity contribution in [3.8, 4) is 17.2 Å². The third kappa shape index (κ3) is 3.89. The largest absolute Gasteiger partial charge is 0.508 e. The predicted molar refractivity (Wildman–Crippen MR) is 76.5 cm³/mol. The number of ether oxygens (including phenoxy) is 2. The second-order valence-corrected chi connectivity index (χ2v) is 4.48. The second kappa shape index (κ2) is 6.65. The lowest BCUT2D eigenvalue weighted by atomic mass is 10.00. The third-order valence-corrected chi connectivity index (χ3v) is 2.99. The molecule has 0 aromatic heterocycles. The van der Waals surface area contributed by atoms with E-state index in [0.29, 0.717) is 11.3 Å². The van der Waals surface area contributed by atoms with E-state index < -0.39 is 11.9 Å². The van der Waals surface area contributed by atoms with Gasteiger partial charge in [-0.2, -0.15) is 0 Å². The number of hydrogen-bond donors (Lipinski definition) is 2. The first-order chi connectivity index (χ1) is 10.1. The summed E-state index contributed by atoms with van der Waals surface area (Å²) in [4.78, 5) is 11.9. The van der Waals surface area contributed by atoms with E-state index in [9.17, 15) is 15.0 Å². The first-order valence-electron chi connectivity index (χ1n) is 6.38. The number of carbonyl (C=O) groups is 1. The molecule has 0 aliphatic rings. The van der Waals surface area contributed by atoms with Crippen LogP contribution in [0.4, 0.5) is 0 Å². The van der Waals surface area contributed by atoms with Crippen LogP contribution in [0.1, 0.15) is 11.5 Å². The number of aromatic hydroxyl groups is 2. The van der Waals surface area contributed by atoms with Gasteiger partial charge < -0.3 is 19.7 Å². The quantitative estimate of drug-likeness (QED) is 0.826. The minimum atomic E-state index is -0.663. The van der Waals surface area contributed by atoms with Gasteiger partial charge in [0.05, 0.1) is 7.11 Å². The van der Waals surface area contributed by atoms with Crippen molar-refractivity contribution in [2.24, 2.45) is 0 Å². The number of benzene rings is 2. The van der Waals surface area contributed by atoms with Crippen molar-refractivity contribution in [3.05, 3.63) is 54.1 Å². The van der Waals surface area contributed by atoms with Crippen LogP contribution >= 0.6 is 0 Å². The smallest absolute Gasteiger partial charge is 0.316 e. The topological polar surface area (TPSA) is 76.0 Å². The molecule has 5 heteroatoms. The number of methoxy groups -OCH3 is 1. The molecular weight excluding hydrogens is 272 g/mol. The molecule has 0 spiro atoms. The Labute approximate surface area is 122 Å². The van der Waals surface area contributed by atoms with Gasteiger partial charge in [0.15, 0.2) is 0 Å². The minimum absolute atomic E-state index is 0.0413. The number of phenols is 2. The molecule has 2 aromatic carbocycles. The van der Waals surface area contributed by atoms with Crippen LogP contribution in [0.15, 0.2) is 48.5 Å². The lowest BCUT2D eigenvalue weighted by Crippen LogP contribution is -2.21. The van der Waals surface area contributed by atoms with Gasteiger partial charge in [-0.3, -0.25) is 4.79 Å². The third-order valence-electron chi connectivity index (χ3n) is 2.99. The molecule has 2 aromatic rings. The van der Waals surface area contributed by atoms with Crippen LogP contribution in [0.2, 0.25) is 0 Å². The van der Waals surface area contributed by atoms with Gasteiger partial charge >= 0.3 is 5.97 Å². The number of rotatable bonds is 5. The molecule has 2 N–H and O–H groups in total. The normalized spacial score (nSPS) is 11.7. The molecular formula is C16H16O5. The molecule has 5 nitrogen and oxygen atoms in total. The molecule has 0 radical (unpaired) electrons. The van der Waals surface area contributed by atoms with Gasteiger partial charge in [-0.15, -0.1) is 0 Å². The van der Waals surface area contributed by atoms with Crippen LogP contribution in [-0.2, 0) is 9.53 Å². The molecule has 2 rings (SSSR count). The Bertz CT molecular complexity index is 624. The summed E-state index contributed by atoms with van der Waals surface area (Å²) in [6.45, 7) is 0.0413. The average molecular weight is 288 g/mol. The van der Waals surface area contributed by atoms with Crippen molar-refractivity contribution in [2.45, 2.75) is 5.92 Å². The fraction of sp³-hybridized carbons (Fsp3) is 0.188. The molecule has 0 saturated heterocycles. The summed E-state index contributed by atoms with van der Waals surface area (Å²) in [5.41, 5.74) is 0.599. The zero-order valence-electron chi connectivity index (χ0n) is 11.5. The highest BCUT2D eigenvalue weighted by atomic mass is 16.5. The molecule has 110 valence electrons. The highest BCUT2D eigenvalue weighted by Crippen LogP contribution is 2.24. The molecule has 0 bridgehead atoms. The van der Waals surface area contributed by atoms with Gasteiger partial charge in [-0.05, 0) is 29.8 Å². The van der Waals surface area contributed by atoms with E-state index in [1.165, 1.54) is 31.4 Å². The van der Waals surface area contributed by atoms with E-state index >= 15 is 0 Å². The first-order valence-corrected chi connectivity index (χ1v) is 6.38. The fourth-order valence-electron chi connectivity index (χ4n) is 1.94. The van der Waals surface area contributed by atoms with Gasteiger partial charge in [0.25, 0.3) is 0 Å². The number of hydrogen-bond acceptors (Lipinski definition) is 5. The molecule has 1 atom stereocenters. The molecule has 0 fully saturated rings. The van der Waals surface area contributed by atoms with E-state index in [1.54, 1.807) is 24.3 Å². The fourth-order valence-corrected chi connectivity index (χ4v) is 1.94. The van der Waals surface area contributed by atoms with Crippen molar-refractivity contribution in [2.75, 3.05) is 13.7 Å². The highest BCUT2D eigenvalue weighted by Gasteiger charge is 2.22. The highest BCUT2D eigenvalue weighted by molar-refractivity contribution is 5.78. The van der Waals surface area contributed by atoms with Crippen molar-refractivity contribution in [1.29, 1.82) is 0 Å². The van der Waals surface area contributed by atoms with Crippen LogP contribution in [0.5, 0.6) is 17.2 Å². The Morgan fingerprint density at radius 3 is 2.38 bits per heavy atom. The van der Waals surface area contributed by atoms with E-state index in [0.717, 1.165) is 0 Å². The molecule has 0 heterocycles. The number of phenolic OH excluding ortho intramolecular Hbond substituents is 2. The summed E-state index contributed by atoms with van der Waals surface area (Å²) < 4.78 is 10.3. The summed E-state index contributed by atoms with van der Waals surface area (Å²) in [6, 6.07) is 12.7. The lowest BCUT2D eigenvalue weighted by molar-refractivity contribution is -0.143. The van der Waals surface area contributed by atoms with Crippen LogP contribution in [0, 0.1) is 0 Å². The maximum Gasteiger partial charge on any atom is 0.316 e. The van der Waals surface area contributed by atoms with Crippen LogP contribution in [-0.4, -0.2) is 29.9 Å². The van der Waals surface area contributed by atoms with Gasteiger partial charge in [0.2, 0.25) is 0 Å². The average Bonchev–Trinajstić information content (AvgIpc) is 2.47. The monoisotopic (exact) mass is 288 g/mol. The zero-order valence-corrected chi connectivity index (χ0v) is 11.5. The Balaban J connectivity index is 2.16. The van der Waals surface area contributed by atoms with Crippen LogP contribution in [0.25, 0.3) is 0 Å².